The van der Waals surface area contributed by atoms with Crippen LogP contribution in [0.1, 0.15) is 39.5 Å². The van der Waals surface area contributed by atoms with Crippen LogP contribution in [0.4, 0.5) is 4.79 Å². The predicted octanol–water partition coefficient (Wildman–Crippen LogP) is 0.912. The third-order valence-corrected chi connectivity index (χ3v) is 3.43. The van der Waals surface area contributed by atoms with Crippen molar-refractivity contribution in [2.24, 2.45) is 5.92 Å². The van der Waals surface area contributed by atoms with E-state index in [0.29, 0.717) is 12.5 Å². The summed E-state index contributed by atoms with van der Waals surface area (Å²) < 4.78 is 0. The van der Waals surface area contributed by atoms with E-state index in [2.05, 4.69) is 24.5 Å². The van der Waals surface area contributed by atoms with E-state index in [9.17, 15) is 14.4 Å². The number of nitrogens with zero attached hydrogens (tertiary/aromatic N) is 1. The smallest absolute Gasteiger partial charge is 0.321 e. The van der Waals surface area contributed by atoms with Crippen LogP contribution in [-0.4, -0.2) is 48.8 Å². The minimum absolute atomic E-state index is 0.0982. The summed E-state index contributed by atoms with van der Waals surface area (Å²) in [7, 11) is 0. The number of urea groups is 1. The average molecular weight is 283 g/mol. The Morgan fingerprint density at radius 2 is 2.10 bits per heavy atom. The largest absolute Gasteiger partial charge is 0.338 e. The van der Waals surface area contributed by atoms with Crippen LogP contribution in [0.5, 0.6) is 0 Å². The van der Waals surface area contributed by atoms with Crippen molar-refractivity contribution in [1.82, 2.24) is 15.5 Å². The standard InChI is InChI=1S/C14H25N3O3/c1-11(2)6-7-15-14(20)16-13(19)9-17-8-4-3-5-12(17)10-18/h10-12H,3-9H2,1-2H3,(H2,15,16,19,20). The molecule has 1 atom stereocenters. The molecule has 0 aromatic heterocycles. The summed E-state index contributed by atoms with van der Waals surface area (Å²) in [6.45, 7) is 5.52. The highest BCUT2D eigenvalue weighted by Crippen LogP contribution is 2.14. The normalized spacial score (nSPS) is 19.6. The molecule has 0 bridgehead atoms. The van der Waals surface area contributed by atoms with E-state index in [-0.39, 0.29) is 18.5 Å². The van der Waals surface area contributed by atoms with Crippen LogP contribution in [0.15, 0.2) is 0 Å². The molecule has 2 N–H and O–H groups in total. The number of hydrogen-bond acceptors (Lipinski definition) is 4. The Bertz CT molecular complexity index is 345. The summed E-state index contributed by atoms with van der Waals surface area (Å²) in [5.41, 5.74) is 0. The SMILES string of the molecule is CC(C)CCNC(=O)NC(=O)CN1CCCCC1C=O. The molecular weight excluding hydrogens is 258 g/mol. The first-order valence-corrected chi connectivity index (χ1v) is 7.30. The minimum Gasteiger partial charge on any atom is -0.338 e. The molecule has 1 rings (SSSR count). The highest BCUT2D eigenvalue weighted by atomic mass is 16.2. The van der Waals surface area contributed by atoms with Gasteiger partial charge in [0.25, 0.3) is 0 Å². The van der Waals surface area contributed by atoms with Crippen LogP contribution >= 0.6 is 0 Å². The Hall–Kier alpha value is -1.43. The first kappa shape index (κ1) is 16.6. The van der Waals surface area contributed by atoms with Gasteiger partial charge in [0.2, 0.25) is 5.91 Å². The lowest BCUT2D eigenvalue weighted by Gasteiger charge is -2.31. The van der Waals surface area contributed by atoms with Crippen LogP contribution in [0.2, 0.25) is 0 Å². The van der Waals surface area contributed by atoms with Crippen LogP contribution in [0.25, 0.3) is 0 Å². The highest BCUT2D eigenvalue weighted by molar-refractivity contribution is 5.95. The number of carbonyl (C=O) groups excluding carboxylic acids is 3. The molecule has 1 aliphatic heterocycles. The molecule has 0 saturated carbocycles. The molecule has 1 heterocycles. The zero-order valence-corrected chi connectivity index (χ0v) is 12.4. The molecule has 20 heavy (non-hydrogen) atoms. The summed E-state index contributed by atoms with van der Waals surface area (Å²) >= 11 is 0. The Balaban J connectivity index is 2.27. The Kier molecular flexibility index (Phi) is 7.22. The van der Waals surface area contributed by atoms with E-state index in [1.165, 1.54) is 0 Å². The lowest BCUT2D eigenvalue weighted by atomic mass is 10.0. The van der Waals surface area contributed by atoms with Crippen molar-refractivity contribution < 1.29 is 14.4 Å². The molecule has 0 aromatic rings. The fourth-order valence-corrected chi connectivity index (χ4v) is 2.24. The molecule has 0 spiro atoms. The maximum atomic E-state index is 11.8. The third-order valence-electron chi connectivity index (χ3n) is 3.43. The quantitative estimate of drug-likeness (QED) is 0.710. The molecule has 0 aliphatic carbocycles. The van der Waals surface area contributed by atoms with Gasteiger partial charge in [0, 0.05) is 6.54 Å². The van der Waals surface area contributed by atoms with Gasteiger partial charge in [-0.25, -0.2) is 4.79 Å². The van der Waals surface area contributed by atoms with E-state index >= 15 is 0 Å². The zero-order valence-electron chi connectivity index (χ0n) is 12.4. The topological polar surface area (TPSA) is 78.5 Å². The summed E-state index contributed by atoms with van der Waals surface area (Å²) in [6, 6.07) is -0.659. The molecule has 3 amide bonds. The van der Waals surface area contributed by atoms with E-state index in [4.69, 9.17) is 0 Å². The van der Waals surface area contributed by atoms with Crippen molar-refractivity contribution >= 4 is 18.2 Å². The maximum absolute atomic E-state index is 11.8. The number of hydrogen-bond donors (Lipinski definition) is 2. The summed E-state index contributed by atoms with van der Waals surface area (Å²) in [4.78, 5) is 36.0. The monoisotopic (exact) mass is 283 g/mol. The summed E-state index contributed by atoms with van der Waals surface area (Å²) in [5, 5.41) is 4.95. The van der Waals surface area contributed by atoms with Gasteiger partial charge >= 0.3 is 6.03 Å². The van der Waals surface area contributed by atoms with Gasteiger partial charge in [-0.3, -0.25) is 15.0 Å². The second-order valence-electron chi connectivity index (χ2n) is 5.66. The molecule has 0 aromatic carbocycles. The molecule has 0 radical (unpaired) electrons. The van der Waals surface area contributed by atoms with Gasteiger partial charge in [0.1, 0.15) is 6.29 Å². The van der Waals surface area contributed by atoms with Gasteiger partial charge in [-0.05, 0) is 31.7 Å². The number of nitrogens with one attached hydrogen (secondary N) is 2. The van der Waals surface area contributed by atoms with Crippen LogP contribution in [0, 0.1) is 5.92 Å². The zero-order chi connectivity index (χ0) is 15.0. The number of imide groups is 1. The number of rotatable bonds is 6. The van der Waals surface area contributed by atoms with Gasteiger partial charge in [-0.15, -0.1) is 0 Å². The Morgan fingerprint density at radius 1 is 1.35 bits per heavy atom. The van der Waals surface area contributed by atoms with E-state index in [1.807, 2.05) is 4.90 Å². The molecule has 1 aliphatic rings. The second-order valence-corrected chi connectivity index (χ2v) is 5.66. The maximum Gasteiger partial charge on any atom is 0.321 e. The Labute approximate surface area is 120 Å². The number of piperidine rings is 1. The fraction of sp³-hybridized carbons (Fsp3) is 0.786. The number of carbonyl (C=O) groups is 3. The average Bonchev–Trinajstić information content (AvgIpc) is 2.38. The van der Waals surface area contributed by atoms with Crippen LogP contribution in [-0.2, 0) is 9.59 Å². The van der Waals surface area contributed by atoms with Gasteiger partial charge in [0.15, 0.2) is 0 Å². The molecule has 6 nitrogen and oxygen atoms in total. The molecule has 1 unspecified atom stereocenters. The van der Waals surface area contributed by atoms with Crippen LogP contribution in [0.3, 0.4) is 0 Å². The van der Waals surface area contributed by atoms with E-state index in [1.54, 1.807) is 0 Å². The van der Waals surface area contributed by atoms with Gasteiger partial charge in [-0.1, -0.05) is 20.3 Å². The lowest BCUT2D eigenvalue weighted by molar-refractivity contribution is -0.123. The second kappa shape index (κ2) is 8.68. The Morgan fingerprint density at radius 3 is 2.75 bits per heavy atom. The molecule has 114 valence electrons. The number of likely N-dealkylation sites (tertiary alicyclic amines) is 1. The molecule has 1 fully saturated rings. The minimum atomic E-state index is -0.463. The summed E-state index contributed by atoms with van der Waals surface area (Å²) in [5.74, 6) is 0.147. The van der Waals surface area contributed by atoms with Gasteiger partial charge in [0.05, 0.1) is 12.6 Å². The van der Waals surface area contributed by atoms with Crippen molar-refractivity contribution in [1.29, 1.82) is 0 Å². The first-order chi connectivity index (χ1) is 9.52. The van der Waals surface area contributed by atoms with Gasteiger partial charge < -0.3 is 10.1 Å². The predicted molar refractivity (Wildman–Crippen MR) is 76.3 cm³/mol. The van der Waals surface area contributed by atoms with Crippen molar-refractivity contribution in [2.45, 2.75) is 45.6 Å². The van der Waals surface area contributed by atoms with E-state index in [0.717, 1.165) is 38.5 Å². The van der Waals surface area contributed by atoms with Crippen molar-refractivity contribution in [3.8, 4) is 0 Å². The van der Waals surface area contributed by atoms with E-state index < -0.39 is 6.03 Å². The summed E-state index contributed by atoms with van der Waals surface area (Å²) in [6.07, 6.45) is 4.54. The van der Waals surface area contributed by atoms with Crippen molar-refractivity contribution in [3.05, 3.63) is 0 Å². The molecular formula is C14H25N3O3. The van der Waals surface area contributed by atoms with Crippen LogP contribution < -0.4 is 10.6 Å². The third kappa shape index (κ3) is 6.14. The van der Waals surface area contributed by atoms with Crippen molar-refractivity contribution in [3.63, 3.8) is 0 Å². The highest BCUT2D eigenvalue weighted by Gasteiger charge is 2.24. The van der Waals surface area contributed by atoms with Crippen molar-refractivity contribution in [2.75, 3.05) is 19.6 Å². The number of amides is 3. The fourth-order valence-electron chi connectivity index (χ4n) is 2.24. The lowest BCUT2D eigenvalue weighted by Crippen LogP contribution is -2.49. The number of aldehydes is 1. The first-order valence-electron chi connectivity index (χ1n) is 7.30. The molecule has 6 heteroatoms. The molecule has 1 saturated heterocycles. The van der Waals surface area contributed by atoms with Gasteiger partial charge in [-0.2, -0.15) is 0 Å².